The number of aliphatic hydroxyl groups excluding tert-OH is 1. The van der Waals surface area contributed by atoms with E-state index in [9.17, 15) is 9.90 Å². The molecule has 25 heavy (non-hydrogen) atoms. The van der Waals surface area contributed by atoms with E-state index in [-0.39, 0.29) is 5.82 Å². The number of rotatable bonds is 1. The fourth-order valence-electron chi connectivity index (χ4n) is 3.04. The van der Waals surface area contributed by atoms with Gasteiger partial charge >= 0.3 is 0 Å². The Labute approximate surface area is 148 Å². The second-order valence-electron chi connectivity index (χ2n) is 5.78. The first-order valence-electron chi connectivity index (χ1n) is 7.77. The molecule has 1 atom stereocenters. The van der Waals surface area contributed by atoms with Crippen LogP contribution in [0.4, 0.5) is 0 Å². The van der Waals surface area contributed by atoms with Gasteiger partial charge in [-0.2, -0.15) is 4.98 Å². The Kier molecular flexibility index (Phi) is 3.75. The largest absolute Gasteiger partial charge is 0.365 e. The molecule has 4 rings (SSSR count). The van der Waals surface area contributed by atoms with Gasteiger partial charge in [0.25, 0.3) is 5.56 Å². The number of fused-ring (bicyclic) bond motifs is 3. The third-order valence-electron chi connectivity index (χ3n) is 4.24. The molecule has 5 nitrogen and oxygen atoms in total. The Balaban J connectivity index is 2.12. The Morgan fingerprint density at radius 1 is 1.12 bits per heavy atom. The number of hydrogen-bond donors (Lipinski definition) is 1. The molecule has 0 aliphatic carbocycles. The molecule has 0 amide bonds. The van der Waals surface area contributed by atoms with Crippen LogP contribution in [0.1, 0.15) is 28.7 Å². The van der Waals surface area contributed by atoms with Crippen LogP contribution in [0.3, 0.4) is 0 Å². The quantitative estimate of drug-likeness (QED) is 0.732. The average Bonchev–Trinajstić information content (AvgIpc) is 2.74. The highest BCUT2D eigenvalue weighted by atomic mass is 35.5. The number of aliphatic hydroxyl groups is 1. The van der Waals surface area contributed by atoms with Crippen molar-refractivity contribution >= 4 is 17.3 Å². The van der Waals surface area contributed by atoms with Gasteiger partial charge in [-0.25, -0.2) is 4.99 Å². The summed E-state index contributed by atoms with van der Waals surface area (Å²) in [6, 6.07) is 14.6. The fraction of sp³-hybridized carbons (Fsp3) is 0.105. The highest BCUT2D eigenvalue weighted by Crippen LogP contribution is 2.32. The van der Waals surface area contributed by atoms with E-state index in [2.05, 4.69) is 9.98 Å². The smallest absolute Gasteiger partial charge is 0.273 e. The molecule has 0 fully saturated rings. The molecule has 2 aromatic carbocycles. The number of hydrogen-bond acceptors (Lipinski definition) is 4. The maximum absolute atomic E-state index is 11.7. The highest BCUT2D eigenvalue weighted by Gasteiger charge is 2.26. The van der Waals surface area contributed by atoms with Gasteiger partial charge in [0, 0.05) is 28.4 Å². The third kappa shape index (κ3) is 2.58. The summed E-state index contributed by atoms with van der Waals surface area (Å²) in [5, 5.41) is 11.2. The van der Waals surface area contributed by atoms with Gasteiger partial charge in [0.05, 0.1) is 11.4 Å². The SMILES string of the molecule is Cc1c(Cl)ccc2c1C(c1ccccc1)=NC(O)c1nc(=O)ccn1-2. The van der Waals surface area contributed by atoms with E-state index in [0.29, 0.717) is 10.7 Å². The van der Waals surface area contributed by atoms with Crippen LogP contribution in [-0.2, 0) is 0 Å². The van der Waals surface area contributed by atoms with Crippen molar-refractivity contribution in [1.82, 2.24) is 9.55 Å². The molecule has 0 bridgehead atoms. The molecule has 124 valence electrons. The molecule has 1 aliphatic rings. The molecule has 2 heterocycles. The summed E-state index contributed by atoms with van der Waals surface area (Å²) < 4.78 is 1.68. The van der Waals surface area contributed by atoms with Crippen molar-refractivity contribution in [3.8, 4) is 5.69 Å². The number of benzene rings is 2. The second kappa shape index (κ2) is 5.95. The van der Waals surface area contributed by atoms with E-state index in [1.54, 1.807) is 16.8 Å². The highest BCUT2D eigenvalue weighted by molar-refractivity contribution is 6.32. The van der Waals surface area contributed by atoms with Crippen LogP contribution in [0.15, 0.2) is 64.5 Å². The summed E-state index contributed by atoms with van der Waals surface area (Å²) >= 11 is 6.35. The maximum Gasteiger partial charge on any atom is 0.273 e. The predicted molar refractivity (Wildman–Crippen MR) is 96.6 cm³/mol. The number of halogens is 1. The lowest BCUT2D eigenvalue weighted by atomic mass is 9.96. The molecule has 0 spiro atoms. The first-order chi connectivity index (χ1) is 12.1. The lowest BCUT2D eigenvalue weighted by molar-refractivity contribution is 0.176. The summed E-state index contributed by atoms with van der Waals surface area (Å²) in [6.07, 6.45) is 0.346. The van der Waals surface area contributed by atoms with Crippen LogP contribution >= 0.6 is 11.6 Å². The van der Waals surface area contributed by atoms with Crippen molar-refractivity contribution in [2.45, 2.75) is 13.2 Å². The minimum absolute atomic E-state index is 0.182. The molecule has 0 saturated carbocycles. The van der Waals surface area contributed by atoms with E-state index >= 15 is 0 Å². The van der Waals surface area contributed by atoms with Crippen molar-refractivity contribution in [2.75, 3.05) is 0 Å². The summed E-state index contributed by atoms with van der Waals surface area (Å²) in [4.78, 5) is 20.1. The molecule has 1 aliphatic heterocycles. The predicted octanol–water partition coefficient (Wildman–Crippen LogP) is 3.04. The van der Waals surface area contributed by atoms with E-state index < -0.39 is 11.8 Å². The monoisotopic (exact) mass is 351 g/mol. The molecular formula is C19H14ClN3O2. The summed E-state index contributed by atoms with van der Waals surface area (Å²) in [5.41, 5.74) is 3.46. The minimum Gasteiger partial charge on any atom is -0.365 e. The van der Waals surface area contributed by atoms with Crippen molar-refractivity contribution in [3.63, 3.8) is 0 Å². The van der Waals surface area contributed by atoms with E-state index in [0.717, 1.165) is 22.4 Å². The summed E-state index contributed by atoms with van der Waals surface area (Å²) in [5.74, 6) is 0.182. The lowest BCUT2D eigenvalue weighted by Crippen LogP contribution is -2.17. The van der Waals surface area contributed by atoms with Gasteiger partial charge in [-0.3, -0.25) is 4.79 Å². The van der Waals surface area contributed by atoms with Crippen LogP contribution in [0, 0.1) is 6.92 Å². The number of aromatic nitrogens is 2. The third-order valence-corrected chi connectivity index (χ3v) is 4.65. The van der Waals surface area contributed by atoms with Gasteiger partial charge in [-0.1, -0.05) is 41.9 Å². The zero-order valence-corrected chi connectivity index (χ0v) is 14.1. The molecule has 1 unspecified atom stereocenters. The van der Waals surface area contributed by atoms with Crippen molar-refractivity contribution < 1.29 is 5.11 Å². The van der Waals surface area contributed by atoms with Crippen LogP contribution in [0.2, 0.25) is 5.02 Å². The van der Waals surface area contributed by atoms with E-state index in [1.165, 1.54) is 6.07 Å². The molecule has 1 aromatic heterocycles. The summed E-state index contributed by atoms with van der Waals surface area (Å²) in [7, 11) is 0. The standard InChI is InChI=1S/C19H14ClN3O2/c1-11-13(20)7-8-14-16(11)17(12-5-3-2-4-6-12)22-19(25)18-21-15(24)9-10-23(14)18/h2-10,19,25H,1H3. The Hall–Kier alpha value is -2.76. The molecule has 0 radical (unpaired) electrons. The summed E-state index contributed by atoms with van der Waals surface area (Å²) in [6.45, 7) is 1.91. The lowest BCUT2D eigenvalue weighted by Gasteiger charge is -2.16. The zero-order valence-electron chi connectivity index (χ0n) is 13.3. The van der Waals surface area contributed by atoms with Gasteiger partial charge in [0.1, 0.15) is 0 Å². The van der Waals surface area contributed by atoms with E-state index in [4.69, 9.17) is 11.6 Å². The van der Waals surface area contributed by atoms with Crippen molar-refractivity contribution in [2.24, 2.45) is 4.99 Å². The molecule has 6 heteroatoms. The normalized spacial score (nSPS) is 15.8. The van der Waals surface area contributed by atoms with Gasteiger partial charge in [-0.05, 0) is 24.6 Å². The molecule has 3 aromatic rings. The molecular weight excluding hydrogens is 338 g/mol. The van der Waals surface area contributed by atoms with Gasteiger partial charge in [0.15, 0.2) is 5.82 Å². The van der Waals surface area contributed by atoms with Crippen molar-refractivity contribution in [3.05, 3.63) is 92.6 Å². The van der Waals surface area contributed by atoms with Crippen LogP contribution in [-0.4, -0.2) is 20.4 Å². The average molecular weight is 352 g/mol. The second-order valence-corrected chi connectivity index (χ2v) is 6.19. The van der Waals surface area contributed by atoms with Crippen LogP contribution < -0.4 is 5.56 Å². The fourth-order valence-corrected chi connectivity index (χ4v) is 3.19. The Morgan fingerprint density at radius 3 is 2.64 bits per heavy atom. The van der Waals surface area contributed by atoms with Crippen LogP contribution in [0.5, 0.6) is 0 Å². The Morgan fingerprint density at radius 2 is 1.88 bits per heavy atom. The number of aliphatic imine (C=N–C) groups is 1. The topological polar surface area (TPSA) is 67.5 Å². The first-order valence-corrected chi connectivity index (χ1v) is 8.15. The van der Waals surface area contributed by atoms with Crippen LogP contribution in [0.25, 0.3) is 5.69 Å². The van der Waals surface area contributed by atoms with Crippen molar-refractivity contribution in [1.29, 1.82) is 0 Å². The van der Waals surface area contributed by atoms with Gasteiger partial charge < -0.3 is 9.67 Å². The van der Waals surface area contributed by atoms with E-state index in [1.807, 2.05) is 43.3 Å². The molecule has 1 N–H and O–H groups in total. The Bertz CT molecular complexity index is 1060. The molecule has 0 saturated heterocycles. The van der Waals surface area contributed by atoms with Gasteiger partial charge in [-0.15, -0.1) is 0 Å². The minimum atomic E-state index is -1.25. The van der Waals surface area contributed by atoms with Gasteiger partial charge in [0.2, 0.25) is 6.23 Å². The number of nitrogens with zero attached hydrogens (tertiary/aromatic N) is 3. The first kappa shape index (κ1) is 15.7. The zero-order chi connectivity index (χ0) is 17.6. The maximum atomic E-state index is 11.7.